The van der Waals surface area contributed by atoms with Gasteiger partial charge in [0.15, 0.2) is 0 Å². The maximum atomic E-state index is 11.8. The molecule has 0 saturated heterocycles. The molecule has 1 atom stereocenters. The van der Waals surface area contributed by atoms with Gasteiger partial charge in [0.2, 0.25) is 11.8 Å². The molecule has 1 aromatic carbocycles. The number of nitrogens with two attached hydrogens (primary N) is 1. The molecule has 0 fully saturated rings. The number of nitrogens with one attached hydrogen (secondary N) is 2. The molecule has 4 N–H and O–H groups in total. The maximum Gasteiger partial charge on any atom is 0.243 e. The molecule has 0 aliphatic rings. The highest BCUT2D eigenvalue weighted by Gasteiger charge is 2.14. The summed E-state index contributed by atoms with van der Waals surface area (Å²) in [5.74, 6) is 0.240. The number of rotatable bonds is 7. The SMILES string of the molecule is CSCC[C@H](N)C(=O)NCC(=O)Nc1cc(Br)ccc1C.Cl. The van der Waals surface area contributed by atoms with Gasteiger partial charge in [-0.1, -0.05) is 22.0 Å². The minimum atomic E-state index is -0.571. The molecule has 8 heteroatoms. The average Bonchev–Trinajstić information content (AvgIpc) is 2.46. The lowest BCUT2D eigenvalue weighted by molar-refractivity contribution is -0.125. The Bertz CT molecular complexity index is 517. The third-order valence-corrected chi connectivity index (χ3v) is 4.00. The molecule has 0 aliphatic heterocycles. The van der Waals surface area contributed by atoms with Crippen LogP contribution in [0.2, 0.25) is 0 Å². The quantitative estimate of drug-likeness (QED) is 0.644. The van der Waals surface area contributed by atoms with Crippen LogP contribution in [0.15, 0.2) is 22.7 Å². The normalized spacial score (nSPS) is 11.3. The predicted molar refractivity (Wildman–Crippen MR) is 98.7 cm³/mol. The van der Waals surface area contributed by atoms with Gasteiger partial charge in [-0.15, -0.1) is 12.4 Å². The van der Waals surface area contributed by atoms with Gasteiger partial charge < -0.3 is 16.4 Å². The van der Waals surface area contributed by atoms with Crippen molar-refractivity contribution in [3.63, 3.8) is 0 Å². The summed E-state index contributed by atoms with van der Waals surface area (Å²) in [7, 11) is 0. The number of halogens is 2. The Balaban J connectivity index is 0.00000441. The highest BCUT2D eigenvalue weighted by molar-refractivity contribution is 9.10. The zero-order valence-electron chi connectivity index (χ0n) is 12.5. The van der Waals surface area contributed by atoms with E-state index < -0.39 is 6.04 Å². The highest BCUT2D eigenvalue weighted by atomic mass is 79.9. The molecule has 0 aliphatic carbocycles. The summed E-state index contributed by atoms with van der Waals surface area (Å²) in [4.78, 5) is 23.5. The molecule has 1 aromatic rings. The van der Waals surface area contributed by atoms with Crippen molar-refractivity contribution >= 4 is 57.6 Å². The van der Waals surface area contributed by atoms with Crippen molar-refractivity contribution in [2.45, 2.75) is 19.4 Å². The molecule has 5 nitrogen and oxygen atoms in total. The van der Waals surface area contributed by atoms with Crippen LogP contribution in [-0.2, 0) is 9.59 Å². The standard InChI is InChI=1S/C14H20BrN3O2S.ClH/c1-9-3-4-10(15)7-12(9)18-13(19)8-17-14(20)11(16)5-6-21-2;/h3-4,7,11H,5-6,8,16H2,1-2H3,(H,17,20)(H,18,19);1H/t11-;/m0./s1. The molecular weight excluding hydrogens is 390 g/mol. The van der Waals surface area contributed by atoms with Crippen molar-refractivity contribution < 1.29 is 9.59 Å². The van der Waals surface area contributed by atoms with Gasteiger partial charge in [-0.3, -0.25) is 9.59 Å². The van der Waals surface area contributed by atoms with Crippen LogP contribution in [0.5, 0.6) is 0 Å². The third-order valence-electron chi connectivity index (χ3n) is 2.87. The van der Waals surface area contributed by atoms with Crippen LogP contribution in [0, 0.1) is 6.92 Å². The molecule has 0 saturated carbocycles. The van der Waals surface area contributed by atoms with Gasteiger partial charge in [0.05, 0.1) is 12.6 Å². The van der Waals surface area contributed by atoms with Crippen LogP contribution in [0.4, 0.5) is 5.69 Å². The fraction of sp³-hybridized carbons (Fsp3) is 0.429. The van der Waals surface area contributed by atoms with E-state index in [1.165, 1.54) is 0 Å². The van der Waals surface area contributed by atoms with Crippen LogP contribution in [0.25, 0.3) is 0 Å². The monoisotopic (exact) mass is 409 g/mol. The smallest absolute Gasteiger partial charge is 0.243 e. The molecule has 0 aromatic heterocycles. The second-order valence-electron chi connectivity index (χ2n) is 4.61. The molecule has 2 amide bonds. The van der Waals surface area contributed by atoms with Gasteiger partial charge in [0.25, 0.3) is 0 Å². The van der Waals surface area contributed by atoms with E-state index in [1.54, 1.807) is 11.8 Å². The number of aryl methyl sites for hydroxylation is 1. The number of carbonyl (C=O) groups excluding carboxylic acids is 2. The summed E-state index contributed by atoms with van der Waals surface area (Å²) in [6.45, 7) is 1.82. The number of hydrogen-bond donors (Lipinski definition) is 3. The van der Waals surface area contributed by atoms with Crippen molar-refractivity contribution in [3.8, 4) is 0 Å². The van der Waals surface area contributed by atoms with Gasteiger partial charge >= 0.3 is 0 Å². The van der Waals surface area contributed by atoms with Crippen LogP contribution < -0.4 is 16.4 Å². The third kappa shape index (κ3) is 7.49. The molecule has 22 heavy (non-hydrogen) atoms. The van der Waals surface area contributed by atoms with E-state index >= 15 is 0 Å². The van der Waals surface area contributed by atoms with Crippen LogP contribution in [-0.4, -0.2) is 36.4 Å². The number of anilines is 1. The van der Waals surface area contributed by atoms with E-state index in [-0.39, 0.29) is 30.8 Å². The first-order valence-corrected chi connectivity index (χ1v) is 8.71. The van der Waals surface area contributed by atoms with Crippen LogP contribution in [0.3, 0.4) is 0 Å². The minimum Gasteiger partial charge on any atom is -0.346 e. The summed E-state index contributed by atoms with van der Waals surface area (Å²) in [6.07, 6.45) is 2.55. The van der Waals surface area contributed by atoms with E-state index in [0.29, 0.717) is 6.42 Å². The topological polar surface area (TPSA) is 84.2 Å². The lowest BCUT2D eigenvalue weighted by Crippen LogP contribution is -2.43. The predicted octanol–water partition coefficient (Wildman–Crippen LogP) is 2.31. The number of carbonyl (C=O) groups is 2. The molecular formula is C14H21BrClN3O2S. The molecule has 0 unspecified atom stereocenters. The summed E-state index contributed by atoms with van der Waals surface area (Å²) in [6, 6.07) is 5.05. The van der Waals surface area contributed by atoms with E-state index in [9.17, 15) is 9.59 Å². The zero-order chi connectivity index (χ0) is 15.8. The second kappa shape index (κ2) is 10.9. The average molecular weight is 411 g/mol. The Kier molecular flexibility index (Phi) is 10.5. The lowest BCUT2D eigenvalue weighted by atomic mass is 10.2. The van der Waals surface area contributed by atoms with Crippen molar-refractivity contribution in [2.75, 3.05) is 23.9 Å². The van der Waals surface area contributed by atoms with Crippen molar-refractivity contribution in [3.05, 3.63) is 28.2 Å². The minimum absolute atomic E-state index is 0. The summed E-state index contributed by atoms with van der Waals surface area (Å²) in [5, 5.41) is 5.31. The highest BCUT2D eigenvalue weighted by Crippen LogP contribution is 2.20. The van der Waals surface area contributed by atoms with E-state index in [4.69, 9.17) is 5.73 Å². The Morgan fingerprint density at radius 2 is 2.09 bits per heavy atom. The molecule has 0 heterocycles. The van der Waals surface area contributed by atoms with Gasteiger partial charge in [-0.2, -0.15) is 11.8 Å². The Labute approximate surface area is 149 Å². The number of benzene rings is 1. The Morgan fingerprint density at radius 3 is 2.73 bits per heavy atom. The van der Waals surface area contributed by atoms with E-state index in [0.717, 1.165) is 21.5 Å². The van der Waals surface area contributed by atoms with Gasteiger partial charge in [-0.05, 0) is 43.0 Å². The Hall–Kier alpha value is -0.760. The van der Waals surface area contributed by atoms with Crippen molar-refractivity contribution in [1.29, 1.82) is 0 Å². The first-order chi connectivity index (χ1) is 9.93. The molecule has 0 bridgehead atoms. The zero-order valence-corrected chi connectivity index (χ0v) is 15.7. The number of thioether (sulfide) groups is 1. The molecule has 0 spiro atoms. The largest absolute Gasteiger partial charge is 0.346 e. The lowest BCUT2D eigenvalue weighted by Gasteiger charge is -2.12. The van der Waals surface area contributed by atoms with E-state index in [1.807, 2.05) is 31.4 Å². The van der Waals surface area contributed by atoms with E-state index in [2.05, 4.69) is 26.6 Å². The Morgan fingerprint density at radius 1 is 1.41 bits per heavy atom. The summed E-state index contributed by atoms with van der Waals surface area (Å²) in [5.41, 5.74) is 7.39. The number of hydrogen-bond acceptors (Lipinski definition) is 4. The fourth-order valence-corrected chi connectivity index (χ4v) is 2.45. The maximum absolute atomic E-state index is 11.8. The molecule has 0 radical (unpaired) electrons. The van der Waals surface area contributed by atoms with Crippen molar-refractivity contribution in [1.82, 2.24) is 5.32 Å². The van der Waals surface area contributed by atoms with Gasteiger partial charge in [0.1, 0.15) is 0 Å². The summed E-state index contributed by atoms with van der Waals surface area (Å²) >= 11 is 4.98. The second-order valence-corrected chi connectivity index (χ2v) is 6.51. The first kappa shape index (κ1) is 21.2. The van der Waals surface area contributed by atoms with Crippen LogP contribution >= 0.6 is 40.1 Å². The molecule has 124 valence electrons. The van der Waals surface area contributed by atoms with Crippen LogP contribution in [0.1, 0.15) is 12.0 Å². The van der Waals surface area contributed by atoms with Gasteiger partial charge in [-0.25, -0.2) is 0 Å². The molecule has 1 rings (SSSR count). The van der Waals surface area contributed by atoms with Gasteiger partial charge in [0, 0.05) is 10.2 Å². The first-order valence-electron chi connectivity index (χ1n) is 6.52. The fourth-order valence-electron chi connectivity index (χ4n) is 1.60. The van der Waals surface area contributed by atoms with Crippen molar-refractivity contribution in [2.24, 2.45) is 5.73 Å². The summed E-state index contributed by atoms with van der Waals surface area (Å²) < 4.78 is 0.881. The number of amides is 2.